The Morgan fingerprint density at radius 2 is 2.14 bits per heavy atom. The second-order valence-electron chi connectivity index (χ2n) is 7.25. The molecular formula is C17H29N3S. The zero-order valence-corrected chi connectivity index (χ0v) is 14.5. The molecule has 1 saturated heterocycles. The number of rotatable bonds is 3. The van der Waals surface area contributed by atoms with Gasteiger partial charge in [0.05, 0.1) is 10.7 Å². The maximum atomic E-state index is 4.71. The Bertz CT molecular complexity index is 462. The molecule has 1 unspecified atom stereocenters. The standard InChI is InChI=1S/C17H29N3S/c1-13(2)16-10-20(9-15-11-21-14(3)19-15)17(12-18-16)7-5-4-6-8-17/h11,13,16,18H,4-10,12H2,1-3H3. The van der Waals surface area contributed by atoms with E-state index in [1.165, 1.54) is 55.9 Å². The summed E-state index contributed by atoms with van der Waals surface area (Å²) in [4.78, 5) is 7.47. The summed E-state index contributed by atoms with van der Waals surface area (Å²) in [5, 5.41) is 7.28. The molecule has 0 aromatic carbocycles. The largest absolute Gasteiger partial charge is 0.311 e. The van der Waals surface area contributed by atoms with E-state index in [2.05, 4.69) is 36.4 Å². The predicted molar refractivity (Wildman–Crippen MR) is 89.7 cm³/mol. The Labute approximate surface area is 133 Å². The number of nitrogens with one attached hydrogen (secondary N) is 1. The van der Waals surface area contributed by atoms with Gasteiger partial charge in [-0.05, 0) is 25.7 Å². The number of hydrogen-bond acceptors (Lipinski definition) is 4. The number of nitrogens with zero attached hydrogens (tertiary/aromatic N) is 2. The highest BCUT2D eigenvalue weighted by Crippen LogP contribution is 2.37. The van der Waals surface area contributed by atoms with E-state index in [1.807, 2.05) is 0 Å². The lowest BCUT2D eigenvalue weighted by molar-refractivity contribution is -0.00493. The van der Waals surface area contributed by atoms with E-state index in [0.717, 1.165) is 6.54 Å². The van der Waals surface area contributed by atoms with Gasteiger partial charge in [-0.1, -0.05) is 33.1 Å². The fourth-order valence-electron chi connectivity index (χ4n) is 3.99. The molecule has 4 heteroatoms. The first-order valence-corrected chi connectivity index (χ1v) is 9.36. The molecule has 1 spiro atoms. The molecule has 2 heterocycles. The zero-order chi connectivity index (χ0) is 14.9. The van der Waals surface area contributed by atoms with Gasteiger partial charge < -0.3 is 5.32 Å². The van der Waals surface area contributed by atoms with Crippen LogP contribution in [0.2, 0.25) is 0 Å². The molecule has 1 aromatic rings. The van der Waals surface area contributed by atoms with E-state index in [9.17, 15) is 0 Å². The fourth-order valence-corrected chi connectivity index (χ4v) is 4.59. The van der Waals surface area contributed by atoms with Crippen LogP contribution in [0.1, 0.15) is 56.7 Å². The van der Waals surface area contributed by atoms with Crippen molar-refractivity contribution >= 4 is 11.3 Å². The van der Waals surface area contributed by atoms with Crippen molar-refractivity contribution in [2.24, 2.45) is 5.92 Å². The van der Waals surface area contributed by atoms with Crippen molar-refractivity contribution in [3.63, 3.8) is 0 Å². The quantitative estimate of drug-likeness (QED) is 0.925. The lowest BCUT2D eigenvalue weighted by Crippen LogP contribution is -2.65. The van der Waals surface area contributed by atoms with Gasteiger partial charge in [-0.25, -0.2) is 4.98 Å². The van der Waals surface area contributed by atoms with E-state index < -0.39 is 0 Å². The second kappa shape index (κ2) is 6.35. The molecule has 1 aliphatic heterocycles. The van der Waals surface area contributed by atoms with Crippen molar-refractivity contribution in [2.75, 3.05) is 13.1 Å². The van der Waals surface area contributed by atoms with Gasteiger partial charge in [0.2, 0.25) is 0 Å². The minimum Gasteiger partial charge on any atom is -0.311 e. The summed E-state index contributed by atoms with van der Waals surface area (Å²) >= 11 is 1.78. The number of aryl methyl sites for hydroxylation is 1. The third-order valence-electron chi connectivity index (χ3n) is 5.39. The Morgan fingerprint density at radius 3 is 2.76 bits per heavy atom. The van der Waals surface area contributed by atoms with E-state index in [4.69, 9.17) is 4.98 Å². The predicted octanol–water partition coefficient (Wildman–Crippen LogP) is 3.58. The van der Waals surface area contributed by atoms with Gasteiger partial charge in [0.25, 0.3) is 0 Å². The van der Waals surface area contributed by atoms with Gasteiger partial charge in [0.1, 0.15) is 0 Å². The first kappa shape index (κ1) is 15.4. The highest BCUT2D eigenvalue weighted by molar-refractivity contribution is 7.09. The highest BCUT2D eigenvalue weighted by atomic mass is 32.1. The van der Waals surface area contributed by atoms with Crippen LogP contribution < -0.4 is 5.32 Å². The zero-order valence-electron chi connectivity index (χ0n) is 13.7. The van der Waals surface area contributed by atoms with Crippen molar-refractivity contribution in [3.05, 3.63) is 16.1 Å². The molecule has 0 radical (unpaired) electrons. The van der Waals surface area contributed by atoms with Gasteiger partial charge in [0, 0.05) is 36.6 Å². The van der Waals surface area contributed by atoms with Crippen molar-refractivity contribution in [3.8, 4) is 0 Å². The minimum absolute atomic E-state index is 0.390. The monoisotopic (exact) mass is 307 g/mol. The molecule has 0 amide bonds. The van der Waals surface area contributed by atoms with Crippen LogP contribution in [0.25, 0.3) is 0 Å². The van der Waals surface area contributed by atoms with Crippen molar-refractivity contribution in [2.45, 2.75) is 71.0 Å². The SMILES string of the molecule is Cc1nc(CN2CC(C(C)C)NCC23CCCCC3)cs1. The van der Waals surface area contributed by atoms with Crippen LogP contribution in [0, 0.1) is 12.8 Å². The van der Waals surface area contributed by atoms with Crippen molar-refractivity contribution in [1.82, 2.24) is 15.2 Å². The molecule has 21 heavy (non-hydrogen) atoms. The Kier molecular flexibility index (Phi) is 4.67. The van der Waals surface area contributed by atoms with E-state index in [0.29, 0.717) is 17.5 Å². The van der Waals surface area contributed by atoms with Crippen LogP contribution in [0.15, 0.2) is 5.38 Å². The molecule has 1 aliphatic carbocycles. The van der Waals surface area contributed by atoms with Crippen LogP contribution in [0.3, 0.4) is 0 Å². The molecule has 1 N–H and O–H groups in total. The molecule has 0 bridgehead atoms. The topological polar surface area (TPSA) is 28.2 Å². The summed E-state index contributed by atoms with van der Waals surface area (Å²) < 4.78 is 0. The maximum absolute atomic E-state index is 4.71. The van der Waals surface area contributed by atoms with Crippen molar-refractivity contribution < 1.29 is 0 Å². The van der Waals surface area contributed by atoms with Gasteiger partial charge in [-0.15, -0.1) is 11.3 Å². The molecule has 2 aliphatic rings. The summed E-state index contributed by atoms with van der Waals surface area (Å²) in [5.41, 5.74) is 1.66. The van der Waals surface area contributed by atoms with E-state index >= 15 is 0 Å². The molecular weight excluding hydrogens is 278 g/mol. The summed E-state index contributed by atoms with van der Waals surface area (Å²) in [7, 11) is 0. The smallest absolute Gasteiger partial charge is 0.0897 e. The molecule has 1 saturated carbocycles. The first-order chi connectivity index (χ1) is 10.1. The van der Waals surface area contributed by atoms with Crippen molar-refractivity contribution in [1.29, 1.82) is 0 Å². The third-order valence-corrected chi connectivity index (χ3v) is 6.21. The summed E-state index contributed by atoms with van der Waals surface area (Å²) in [6.07, 6.45) is 6.90. The number of hydrogen-bond donors (Lipinski definition) is 1. The van der Waals surface area contributed by atoms with Gasteiger partial charge in [-0.3, -0.25) is 4.90 Å². The van der Waals surface area contributed by atoms with Gasteiger partial charge in [-0.2, -0.15) is 0 Å². The fraction of sp³-hybridized carbons (Fsp3) is 0.824. The van der Waals surface area contributed by atoms with Crippen LogP contribution in [0.4, 0.5) is 0 Å². The average Bonchev–Trinajstić information content (AvgIpc) is 2.87. The summed E-state index contributed by atoms with van der Waals surface area (Å²) in [6, 6.07) is 0.622. The van der Waals surface area contributed by atoms with Crippen LogP contribution >= 0.6 is 11.3 Å². The van der Waals surface area contributed by atoms with Crippen LogP contribution in [0.5, 0.6) is 0 Å². The van der Waals surface area contributed by atoms with Crippen LogP contribution in [-0.4, -0.2) is 34.6 Å². The first-order valence-electron chi connectivity index (χ1n) is 8.48. The number of thiazole rings is 1. The number of aromatic nitrogens is 1. The summed E-state index contributed by atoms with van der Waals surface area (Å²) in [6.45, 7) is 10.2. The average molecular weight is 308 g/mol. The molecule has 2 fully saturated rings. The van der Waals surface area contributed by atoms with Crippen LogP contribution in [-0.2, 0) is 6.54 Å². The molecule has 3 rings (SSSR count). The molecule has 1 atom stereocenters. The second-order valence-corrected chi connectivity index (χ2v) is 8.32. The summed E-state index contributed by atoms with van der Waals surface area (Å²) in [5.74, 6) is 0.700. The minimum atomic E-state index is 0.390. The van der Waals surface area contributed by atoms with E-state index in [-0.39, 0.29) is 0 Å². The lowest BCUT2D eigenvalue weighted by Gasteiger charge is -2.52. The molecule has 1 aromatic heterocycles. The Balaban J connectivity index is 1.78. The van der Waals surface area contributed by atoms with E-state index in [1.54, 1.807) is 11.3 Å². The lowest BCUT2D eigenvalue weighted by atomic mass is 9.77. The third kappa shape index (κ3) is 3.33. The highest BCUT2D eigenvalue weighted by Gasteiger charge is 2.42. The van der Waals surface area contributed by atoms with Gasteiger partial charge in [0.15, 0.2) is 0 Å². The van der Waals surface area contributed by atoms with Gasteiger partial charge >= 0.3 is 0 Å². The maximum Gasteiger partial charge on any atom is 0.0897 e. The molecule has 118 valence electrons. The molecule has 3 nitrogen and oxygen atoms in total. The Hall–Kier alpha value is -0.450. The normalized spacial score (nSPS) is 26.6. The number of piperazine rings is 1. The Morgan fingerprint density at radius 1 is 1.38 bits per heavy atom.